The number of benzene rings is 7. The molecule has 6 atom stereocenters. The van der Waals surface area contributed by atoms with Crippen LogP contribution in [0.1, 0.15) is 71.4 Å². The van der Waals surface area contributed by atoms with Crippen molar-refractivity contribution in [1.82, 2.24) is 14.8 Å². The van der Waals surface area contributed by atoms with Gasteiger partial charge in [0.05, 0.1) is 11.6 Å². The van der Waals surface area contributed by atoms with Crippen LogP contribution in [-0.2, 0) is 6.42 Å². The number of nitrogens with one attached hydrogen (secondary N) is 1. The zero-order valence-corrected chi connectivity index (χ0v) is 37.9. The molecule has 3 heterocycles. The normalized spacial score (nSPS) is 23.6. The van der Waals surface area contributed by atoms with E-state index in [1.54, 1.807) is 0 Å². The van der Waals surface area contributed by atoms with Crippen molar-refractivity contribution in [2.75, 3.05) is 0 Å². The van der Waals surface area contributed by atoms with Gasteiger partial charge in [0, 0.05) is 63.8 Å². The van der Waals surface area contributed by atoms with Gasteiger partial charge in [-0.15, -0.1) is 0 Å². The molecule has 5 nitrogen and oxygen atoms in total. The van der Waals surface area contributed by atoms with Crippen LogP contribution < -0.4 is 5.32 Å². The lowest BCUT2D eigenvalue weighted by Gasteiger charge is -2.38. The minimum atomic E-state index is -0.400. The van der Waals surface area contributed by atoms with Gasteiger partial charge in [0.1, 0.15) is 11.7 Å². The van der Waals surface area contributed by atoms with Gasteiger partial charge in [-0.1, -0.05) is 176 Å². The number of aliphatic imine (C=N–C) groups is 2. The Morgan fingerprint density at radius 3 is 2.37 bits per heavy atom. The highest BCUT2D eigenvalue weighted by atomic mass is 15.2. The van der Waals surface area contributed by atoms with E-state index in [1.165, 1.54) is 77.4 Å². The van der Waals surface area contributed by atoms with Crippen LogP contribution >= 0.6 is 0 Å². The summed E-state index contributed by atoms with van der Waals surface area (Å²) in [5.41, 5.74) is 14.3. The minimum absolute atomic E-state index is 0.0275. The maximum atomic E-state index is 5.54. The van der Waals surface area contributed by atoms with E-state index < -0.39 is 6.17 Å². The van der Waals surface area contributed by atoms with Gasteiger partial charge in [-0.25, -0.2) is 9.98 Å². The highest BCUT2D eigenvalue weighted by molar-refractivity contribution is 6.17. The predicted molar refractivity (Wildman–Crippen MR) is 281 cm³/mol. The first-order valence-electron chi connectivity index (χ1n) is 24.6. The molecule has 6 unspecified atom stereocenters. The molecule has 68 heavy (non-hydrogen) atoms. The van der Waals surface area contributed by atoms with E-state index in [2.05, 4.69) is 221 Å². The average Bonchev–Trinajstić information content (AvgIpc) is 3.91. The summed E-state index contributed by atoms with van der Waals surface area (Å²) in [6, 6.07) is 58.2. The molecule has 0 amide bonds. The molecule has 8 aromatic rings. The van der Waals surface area contributed by atoms with Gasteiger partial charge in [0.2, 0.25) is 0 Å². The van der Waals surface area contributed by atoms with E-state index >= 15 is 0 Å². The Kier molecular flexibility index (Phi) is 9.24. The quantitative estimate of drug-likeness (QED) is 0.169. The Morgan fingerprint density at radius 1 is 0.647 bits per heavy atom. The van der Waals surface area contributed by atoms with Crippen LogP contribution in [0.3, 0.4) is 0 Å². The Hall–Kier alpha value is -7.76. The van der Waals surface area contributed by atoms with Crippen molar-refractivity contribution in [1.29, 1.82) is 0 Å². The van der Waals surface area contributed by atoms with Crippen molar-refractivity contribution in [2.45, 2.75) is 50.4 Å². The van der Waals surface area contributed by atoms with Crippen molar-refractivity contribution in [3.05, 3.63) is 239 Å². The SMILES string of the molecule is C1=CC(C2=NC(c3cccc(-c4ccccc4)c3)N=C(c3cccc4ccccc34)N2)CC(N2C3=Cc4ccccc4C(n4c5c(c6cc7ccccc7cc64)C=CCC5)C3C3C=CCCC32)=C1. The second-order valence-electron chi connectivity index (χ2n) is 19.4. The lowest BCUT2D eigenvalue weighted by molar-refractivity contribution is 0.280. The van der Waals surface area contributed by atoms with Crippen LogP contribution in [0.25, 0.3) is 55.7 Å². The summed E-state index contributed by atoms with van der Waals surface area (Å²) in [6.45, 7) is 0. The van der Waals surface area contributed by atoms with Crippen LogP contribution in [0.4, 0.5) is 0 Å². The van der Waals surface area contributed by atoms with Gasteiger partial charge in [-0.3, -0.25) is 0 Å². The summed E-state index contributed by atoms with van der Waals surface area (Å²) in [6.07, 6.45) is 24.2. The number of aromatic nitrogens is 1. The monoisotopic (exact) mass is 877 g/mol. The third-order valence-electron chi connectivity index (χ3n) is 15.7. The van der Waals surface area contributed by atoms with E-state index in [0.717, 1.165) is 54.9 Å². The lowest BCUT2D eigenvalue weighted by atomic mass is 9.74. The standard InChI is InChI=1S/C63H51N5/c1-2-17-40(18-3-1)42-24-14-25-46(35-42)61-64-62(66-63(65-61)52-32-16-23-41-19-6-8-28-49(41)52)47-26-15-27-48(36-47)67-56-34-13-11-31-53(56)59-58(67)39-45-22-7-9-29-50(45)60(59)68-55-33-12-10-30-51(55)54-37-43-20-4-5-21-44(43)38-57(54)68/h1-11,14-32,35,37-39,47,53,56,59-61H,12-13,33-34,36H2,(H,64,65,66). The van der Waals surface area contributed by atoms with Crippen LogP contribution in [-0.4, -0.2) is 27.2 Å². The first-order chi connectivity index (χ1) is 33.7. The molecule has 0 spiro atoms. The third kappa shape index (κ3) is 6.36. The number of hydrogen-bond donors (Lipinski definition) is 1. The third-order valence-corrected chi connectivity index (χ3v) is 15.7. The first kappa shape index (κ1) is 39.4. The Labute approximate surface area is 397 Å². The molecule has 14 rings (SSSR count). The fourth-order valence-corrected chi connectivity index (χ4v) is 12.7. The van der Waals surface area contributed by atoms with Gasteiger partial charge >= 0.3 is 0 Å². The molecule has 1 aromatic heterocycles. The van der Waals surface area contributed by atoms with Crippen LogP contribution in [0.15, 0.2) is 216 Å². The molecule has 6 aliphatic rings. The van der Waals surface area contributed by atoms with Gasteiger partial charge in [0.25, 0.3) is 0 Å². The maximum absolute atomic E-state index is 5.54. The largest absolute Gasteiger partial charge is 0.345 e. The molecule has 1 N–H and O–H groups in total. The summed E-state index contributed by atoms with van der Waals surface area (Å²) < 4.78 is 2.81. The number of fused-ring (bicyclic) bond motifs is 9. The van der Waals surface area contributed by atoms with Gasteiger partial charge in [-0.05, 0) is 105 Å². The van der Waals surface area contributed by atoms with Crippen molar-refractivity contribution in [2.24, 2.45) is 27.7 Å². The Balaban J connectivity index is 0.871. The van der Waals surface area contributed by atoms with E-state index in [1.807, 2.05) is 0 Å². The molecule has 1 fully saturated rings. The van der Waals surface area contributed by atoms with Crippen LogP contribution in [0, 0.1) is 17.8 Å². The zero-order chi connectivity index (χ0) is 44.7. The predicted octanol–water partition coefficient (Wildman–Crippen LogP) is 14.4. The van der Waals surface area contributed by atoms with Crippen molar-refractivity contribution in [3.63, 3.8) is 0 Å². The Morgan fingerprint density at radius 2 is 1.44 bits per heavy atom. The molecule has 4 aliphatic carbocycles. The van der Waals surface area contributed by atoms with Gasteiger partial charge < -0.3 is 14.8 Å². The molecule has 0 saturated carbocycles. The minimum Gasteiger partial charge on any atom is -0.345 e. The number of allylic oxidation sites excluding steroid dienone is 6. The van der Waals surface area contributed by atoms with Crippen molar-refractivity contribution >= 4 is 56.3 Å². The van der Waals surface area contributed by atoms with E-state index in [4.69, 9.17) is 9.98 Å². The van der Waals surface area contributed by atoms with Gasteiger partial charge in [0.15, 0.2) is 6.17 Å². The summed E-state index contributed by atoms with van der Waals surface area (Å²) in [4.78, 5) is 13.8. The highest BCUT2D eigenvalue weighted by Crippen LogP contribution is 2.57. The fraction of sp³-hybridized carbons (Fsp3) is 0.175. The molecular formula is C63H51N5. The van der Waals surface area contributed by atoms with Crippen LogP contribution in [0.5, 0.6) is 0 Å². The molecule has 0 radical (unpaired) electrons. The number of likely N-dealkylation sites (tertiary alicyclic amines) is 1. The van der Waals surface area contributed by atoms with Crippen molar-refractivity contribution in [3.8, 4) is 11.1 Å². The number of hydrogen-bond acceptors (Lipinski definition) is 4. The molecule has 5 heteroatoms. The summed E-state index contributed by atoms with van der Waals surface area (Å²) in [5.74, 6) is 2.49. The van der Waals surface area contributed by atoms with Crippen molar-refractivity contribution < 1.29 is 0 Å². The van der Waals surface area contributed by atoms with Crippen LogP contribution in [0.2, 0.25) is 0 Å². The summed E-state index contributed by atoms with van der Waals surface area (Å²) in [5, 5.41) is 10.2. The molecular weight excluding hydrogens is 827 g/mol. The zero-order valence-electron chi connectivity index (χ0n) is 37.9. The highest BCUT2D eigenvalue weighted by Gasteiger charge is 2.52. The van der Waals surface area contributed by atoms with Gasteiger partial charge in [-0.2, -0.15) is 0 Å². The second kappa shape index (κ2) is 16.0. The fourth-order valence-electron chi connectivity index (χ4n) is 12.7. The lowest BCUT2D eigenvalue weighted by Crippen LogP contribution is -2.41. The van der Waals surface area contributed by atoms with E-state index in [-0.39, 0.29) is 17.9 Å². The number of amidine groups is 2. The number of nitrogens with zero attached hydrogens (tertiary/aromatic N) is 4. The topological polar surface area (TPSA) is 44.9 Å². The average molecular weight is 878 g/mol. The Bertz CT molecular complexity index is 3570. The molecule has 1 saturated heterocycles. The molecule has 328 valence electrons. The maximum Gasteiger partial charge on any atom is 0.169 e. The number of rotatable bonds is 6. The first-order valence-corrected chi connectivity index (χ1v) is 24.6. The van der Waals surface area contributed by atoms with E-state index in [0.29, 0.717) is 12.0 Å². The summed E-state index contributed by atoms with van der Waals surface area (Å²) in [7, 11) is 0. The molecule has 0 bridgehead atoms. The molecule has 2 aliphatic heterocycles. The molecule has 7 aromatic carbocycles. The van der Waals surface area contributed by atoms with E-state index in [9.17, 15) is 0 Å². The summed E-state index contributed by atoms with van der Waals surface area (Å²) >= 11 is 0. The smallest absolute Gasteiger partial charge is 0.169 e. The second-order valence-corrected chi connectivity index (χ2v) is 19.4.